The summed E-state index contributed by atoms with van der Waals surface area (Å²) in [4.78, 5) is 22.3. The van der Waals surface area contributed by atoms with Gasteiger partial charge in [0.05, 0.1) is 24.8 Å². The van der Waals surface area contributed by atoms with Crippen LogP contribution in [0.25, 0.3) is 6.08 Å². The second kappa shape index (κ2) is 7.77. The van der Waals surface area contributed by atoms with E-state index in [9.17, 15) is 14.9 Å². The van der Waals surface area contributed by atoms with Crippen LogP contribution in [0.3, 0.4) is 0 Å². The lowest BCUT2D eigenvalue weighted by atomic mass is 10.2. The van der Waals surface area contributed by atoms with Gasteiger partial charge in [-0.3, -0.25) is 14.9 Å². The lowest BCUT2D eigenvalue weighted by molar-refractivity contribution is -0.384. The lowest BCUT2D eigenvalue weighted by Crippen LogP contribution is -2.09. The number of nitrogens with zero attached hydrogens (tertiary/aromatic N) is 1. The van der Waals surface area contributed by atoms with Crippen LogP contribution in [0.15, 0.2) is 48.5 Å². The Balaban J connectivity index is 2.12. The maximum absolute atomic E-state index is 12.0. The van der Waals surface area contributed by atoms with E-state index in [1.165, 1.54) is 31.4 Å². The van der Waals surface area contributed by atoms with Crippen molar-refractivity contribution in [2.45, 2.75) is 0 Å². The summed E-state index contributed by atoms with van der Waals surface area (Å²) in [5, 5.41) is 13.4. The van der Waals surface area contributed by atoms with Crippen molar-refractivity contribution in [2.75, 3.05) is 19.5 Å². The second-order valence-corrected chi connectivity index (χ2v) is 4.74. The summed E-state index contributed by atoms with van der Waals surface area (Å²) in [6.45, 7) is 0. The number of methoxy groups -OCH3 is 2. The molecule has 124 valence electrons. The van der Waals surface area contributed by atoms with Crippen LogP contribution in [0.1, 0.15) is 5.56 Å². The summed E-state index contributed by atoms with van der Waals surface area (Å²) in [6.07, 6.45) is 2.96. The monoisotopic (exact) mass is 328 g/mol. The van der Waals surface area contributed by atoms with Gasteiger partial charge in [0.2, 0.25) is 5.91 Å². The highest BCUT2D eigenvalue weighted by Crippen LogP contribution is 2.28. The average molecular weight is 328 g/mol. The van der Waals surface area contributed by atoms with Crippen LogP contribution in [0.2, 0.25) is 0 Å². The van der Waals surface area contributed by atoms with Gasteiger partial charge in [-0.2, -0.15) is 0 Å². The molecule has 0 aliphatic heterocycles. The Morgan fingerprint density at radius 2 is 1.83 bits per heavy atom. The van der Waals surface area contributed by atoms with E-state index in [0.717, 1.165) is 11.3 Å². The zero-order valence-electron chi connectivity index (χ0n) is 13.2. The van der Waals surface area contributed by atoms with E-state index in [1.807, 2.05) is 0 Å². The predicted octanol–water partition coefficient (Wildman–Crippen LogP) is 3.26. The van der Waals surface area contributed by atoms with Gasteiger partial charge in [0, 0.05) is 18.2 Å². The van der Waals surface area contributed by atoms with Crippen molar-refractivity contribution in [2.24, 2.45) is 0 Å². The first-order valence-corrected chi connectivity index (χ1v) is 6.99. The van der Waals surface area contributed by atoms with Crippen LogP contribution in [0, 0.1) is 10.1 Å². The molecular weight excluding hydrogens is 312 g/mol. The molecular formula is C17H16N2O5. The first-order valence-electron chi connectivity index (χ1n) is 6.99. The number of amides is 1. The number of hydrogen-bond acceptors (Lipinski definition) is 5. The molecule has 2 aromatic rings. The summed E-state index contributed by atoms with van der Waals surface area (Å²) < 4.78 is 10.2. The minimum Gasteiger partial charge on any atom is -0.497 e. The maximum atomic E-state index is 12.0. The Morgan fingerprint density at radius 3 is 2.42 bits per heavy atom. The molecule has 0 aromatic heterocycles. The van der Waals surface area contributed by atoms with Crippen molar-refractivity contribution >= 4 is 23.4 Å². The molecule has 1 N–H and O–H groups in total. The molecule has 24 heavy (non-hydrogen) atoms. The molecule has 2 rings (SSSR count). The van der Waals surface area contributed by atoms with Gasteiger partial charge in [0.1, 0.15) is 11.5 Å². The number of non-ortho nitro benzene ring substituents is 1. The van der Waals surface area contributed by atoms with E-state index in [-0.39, 0.29) is 11.4 Å². The van der Waals surface area contributed by atoms with Crippen molar-refractivity contribution in [3.8, 4) is 11.5 Å². The Kier molecular flexibility index (Phi) is 5.51. The smallest absolute Gasteiger partial charge is 0.271 e. The summed E-state index contributed by atoms with van der Waals surface area (Å²) in [6, 6.07) is 11.1. The van der Waals surface area contributed by atoms with Gasteiger partial charge in [-0.05, 0) is 29.8 Å². The Labute approximate surface area is 138 Å². The highest BCUT2D eigenvalue weighted by atomic mass is 16.6. The van der Waals surface area contributed by atoms with Gasteiger partial charge in [0.25, 0.3) is 5.69 Å². The molecule has 2 aromatic carbocycles. The van der Waals surface area contributed by atoms with Crippen molar-refractivity contribution in [1.29, 1.82) is 0 Å². The number of rotatable bonds is 6. The van der Waals surface area contributed by atoms with Gasteiger partial charge >= 0.3 is 0 Å². The van der Waals surface area contributed by atoms with Gasteiger partial charge in [0.15, 0.2) is 0 Å². The Hall–Kier alpha value is -3.35. The number of nitro benzene ring substituents is 1. The van der Waals surface area contributed by atoms with Crippen LogP contribution in [0.5, 0.6) is 11.5 Å². The summed E-state index contributed by atoms with van der Waals surface area (Å²) in [5.74, 6) is 0.634. The molecule has 0 atom stereocenters. The predicted molar refractivity (Wildman–Crippen MR) is 90.3 cm³/mol. The highest BCUT2D eigenvalue weighted by Gasteiger charge is 2.12. The zero-order chi connectivity index (χ0) is 17.5. The zero-order valence-corrected chi connectivity index (χ0v) is 13.2. The fourth-order valence-corrected chi connectivity index (χ4v) is 1.97. The summed E-state index contributed by atoms with van der Waals surface area (Å²) in [7, 11) is 2.99. The quantitative estimate of drug-likeness (QED) is 0.499. The van der Waals surface area contributed by atoms with Crippen LogP contribution < -0.4 is 14.8 Å². The first-order chi connectivity index (χ1) is 11.5. The van der Waals surface area contributed by atoms with Crippen LogP contribution in [-0.2, 0) is 4.79 Å². The highest BCUT2D eigenvalue weighted by molar-refractivity contribution is 6.03. The Morgan fingerprint density at radius 1 is 1.12 bits per heavy atom. The minimum atomic E-state index is -0.539. The first kappa shape index (κ1) is 17.0. The maximum Gasteiger partial charge on any atom is 0.271 e. The second-order valence-electron chi connectivity index (χ2n) is 4.74. The number of benzene rings is 2. The fraction of sp³-hybridized carbons (Fsp3) is 0.118. The van der Waals surface area contributed by atoms with Crippen LogP contribution >= 0.6 is 0 Å². The van der Waals surface area contributed by atoms with Gasteiger partial charge in [-0.1, -0.05) is 12.1 Å². The minimum absolute atomic E-state index is 0.134. The molecule has 0 aliphatic carbocycles. The van der Waals surface area contributed by atoms with E-state index in [4.69, 9.17) is 9.47 Å². The SMILES string of the molecule is COc1ccc(C=CC(=O)Nc2cc([N+](=O)[O-])ccc2OC)cc1. The Bertz CT molecular complexity index is 769. The van der Waals surface area contributed by atoms with Gasteiger partial charge < -0.3 is 14.8 Å². The standard InChI is InChI=1S/C17H16N2O5/c1-23-14-7-3-12(4-8-14)5-10-17(20)18-15-11-13(19(21)22)6-9-16(15)24-2/h3-11H,1-2H3,(H,18,20). The van der Waals surface area contributed by atoms with E-state index < -0.39 is 10.8 Å². The van der Waals surface area contributed by atoms with E-state index in [1.54, 1.807) is 37.5 Å². The lowest BCUT2D eigenvalue weighted by Gasteiger charge is -2.08. The average Bonchev–Trinajstić information content (AvgIpc) is 2.60. The number of hydrogen-bond donors (Lipinski definition) is 1. The topological polar surface area (TPSA) is 90.7 Å². The molecule has 7 heteroatoms. The molecule has 1 amide bonds. The van der Waals surface area contributed by atoms with Gasteiger partial charge in [-0.25, -0.2) is 0 Å². The summed E-state index contributed by atoms with van der Waals surface area (Å²) >= 11 is 0. The molecule has 0 bridgehead atoms. The van der Waals surface area contributed by atoms with Gasteiger partial charge in [-0.15, -0.1) is 0 Å². The normalized spacial score (nSPS) is 10.4. The number of nitrogens with one attached hydrogen (secondary N) is 1. The molecule has 0 aliphatic rings. The van der Waals surface area contributed by atoms with Crippen molar-refractivity contribution in [1.82, 2.24) is 0 Å². The number of carbonyl (C=O) groups is 1. The third kappa shape index (κ3) is 4.33. The molecule has 0 spiro atoms. The third-order valence-corrected chi connectivity index (χ3v) is 3.19. The molecule has 7 nitrogen and oxygen atoms in total. The van der Waals surface area contributed by atoms with Crippen LogP contribution in [-0.4, -0.2) is 25.1 Å². The largest absolute Gasteiger partial charge is 0.497 e. The molecule has 0 fully saturated rings. The van der Waals surface area contributed by atoms with Crippen LogP contribution in [0.4, 0.5) is 11.4 Å². The van der Waals surface area contributed by atoms with Crippen molar-refractivity contribution < 1.29 is 19.2 Å². The van der Waals surface area contributed by atoms with Crippen molar-refractivity contribution in [3.05, 3.63) is 64.2 Å². The molecule has 0 heterocycles. The van der Waals surface area contributed by atoms with E-state index >= 15 is 0 Å². The number of ether oxygens (including phenoxy) is 2. The third-order valence-electron chi connectivity index (χ3n) is 3.19. The van der Waals surface area contributed by atoms with E-state index in [0.29, 0.717) is 5.75 Å². The summed E-state index contributed by atoms with van der Waals surface area (Å²) in [5.41, 5.74) is 0.915. The molecule has 0 saturated heterocycles. The molecule has 0 unspecified atom stereocenters. The number of anilines is 1. The number of nitro groups is 1. The number of carbonyl (C=O) groups excluding carboxylic acids is 1. The molecule has 0 radical (unpaired) electrons. The van der Waals surface area contributed by atoms with Crippen molar-refractivity contribution in [3.63, 3.8) is 0 Å². The molecule has 0 saturated carbocycles. The van der Waals surface area contributed by atoms with E-state index in [2.05, 4.69) is 5.32 Å². The fourth-order valence-electron chi connectivity index (χ4n) is 1.97.